The zero-order chi connectivity index (χ0) is 13.8. The van der Waals surface area contributed by atoms with Gasteiger partial charge in [0.15, 0.2) is 11.5 Å². The highest BCUT2D eigenvalue weighted by Crippen LogP contribution is 2.32. The number of hydrogen-bond acceptors (Lipinski definition) is 4. The number of H-pyrrole nitrogens is 1. The van der Waals surface area contributed by atoms with Crippen LogP contribution in [0.2, 0.25) is 0 Å². The van der Waals surface area contributed by atoms with Crippen molar-refractivity contribution < 1.29 is 19.0 Å². The van der Waals surface area contributed by atoms with E-state index >= 15 is 0 Å². The van der Waals surface area contributed by atoms with Gasteiger partial charge in [-0.2, -0.15) is 0 Å². The van der Waals surface area contributed by atoms with Crippen LogP contribution in [0.1, 0.15) is 10.5 Å². The van der Waals surface area contributed by atoms with Crippen molar-refractivity contribution in [2.45, 2.75) is 0 Å². The quantitative estimate of drug-likeness (QED) is 0.859. The molecule has 0 radical (unpaired) electrons. The summed E-state index contributed by atoms with van der Waals surface area (Å²) in [5, 5.41) is 0. The Bertz CT molecular complexity index is 589. The number of aromatic nitrogens is 1. The van der Waals surface area contributed by atoms with Crippen molar-refractivity contribution in [2.24, 2.45) is 0 Å². The molecule has 0 saturated carbocycles. The van der Waals surface area contributed by atoms with Gasteiger partial charge in [-0.1, -0.05) is 6.07 Å². The second-order valence-electron chi connectivity index (χ2n) is 3.86. The molecule has 19 heavy (non-hydrogen) atoms. The van der Waals surface area contributed by atoms with Crippen molar-refractivity contribution in [3.63, 3.8) is 0 Å². The minimum absolute atomic E-state index is 0.397. The highest BCUT2D eigenvalue weighted by atomic mass is 16.5. The number of nitrogens with one attached hydrogen (secondary N) is 1. The summed E-state index contributed by atoms with van der Waals surface area (Å²) in [6, 6.07) is 7.29. The van der Waals surface area contributed by atoms with Crippen molar-refractivity contribution >= 4 is 5.97 Å². The highest BCUT2D eigenvalue weighted by molar-refractivity contribution is 5.89. The Morgan fingerprint density at radius 3 is 2.37 bits per heavy atom. The largest absolute Gasteiger partial charge is 0.493 e. The highest BCUT2D eigenvalue weighted by Gasteiger charge is 2.11. The number of carbonyl (C=O) groups is 1. The first-order valence-electron chi connectivity index (χ1n) is 5.68. The Hall–Kier alpha value is -2.43. The van der Waals surface area contributed by atoms with Crippen molar-refractivity contribution in [1.29, 1.82) is 0 Å². The van der Waals surface area contributed by atoms with Gasteiger partial charge in [0.25, 0.3) is 0 Å². The average Bonchev–Trinajstić information content (AvgIpc) is 2.95. The minimum atomic E-state index is -0.397. The molecule has 0 atom stereocenters. The first kappa shape index (κ1) is 13.0. The summed E-state index contributed by atoms with van der Waals surface area (Å²) in [5.74, 6) is 0.905. The van der Waals surface area contributed by atoms with Crippen LogP contribution in [-0.4, -0.2) is 32.3 Å². The third-order valence-corrected chi connectivity index (χ3v) is 2.81. The standard InChI is InChI=1S/C14H15NO4/c1-17-12-5-4-9(7-13(12)18-2)10-6-11(15-8-10)14(16)19-3/h4-8,15H,1-3H3. The van der Waals surface area contributed by atoms with Gasteiger partial charge in [-0.25, -0.2) is 4.79 Å². The molecule has 5 heteroatoms. The summed E-state index contributed by atoms with van der Waals surface area (Å²) in [5.41, 5.74) is 2.21. The summed E-state index contributed by atoms with van der Waals surface area (Å²) in [6.07, 6.45) is 1.74. The van der Waals surface area contributed by atoms with Crippen LogP contribution in [0.4, 0.5) is 0 Å². The number of aromatic amines is 1. The number of benzene rings is 1. The monoisotopic (exact) mass is 261 g/mol. The Morgan fingerprint density at radius 2 is 1.74 bits per heavy atom. The van der Waals surface area contributed by atoms with Crippen LogP contribution in [0.25, 0.3) is 11.1 Å². The molecule has 0 spiro atoms. The van der Waals surface area contributed by atoms with Crippen LogP contribution in [0.5, 0.6) is 11.5 Å². The average molecular weight is 261 g/mol. The van der Waals surface area contributed by atoms with Gasteiger partial charge < -0.3 is 19.2 Å². The van der Waals surface area contributed by atoms with Crippen LogP contribution in [-0.2, 0) is 4.74 Å². The second-order valence-corrected chi connectivity index (χ2v) is 3.86. The van der Waals surface area contributed by atoms with Crippen molar-refractivity contribution in [1.82, 2.24) is 4.98 Å². The number of methoxy groups -OCH3 is 3. The number of rotatable bonds is 4. The van der Waals surface area contributed by atoms with Gasteiger partial charge in [0.05, 0.1) is 21.3 Å². The maximum atomic E-state index is 11.4. The van der Waals surface area contributed by atoms with Gasteiger partial charge in [-0.15, -0.1) is 0 Å². The fraction of sp³-hybridized carbons (Fsp3) is 0.214. The third kappa shape index (κ3) is 2.54. The smallest absolute Gasteiger partial charge is 0.354 e. The van der Waals surface area contributed by atoms with E-state index in [1.54, 1.807) is 26.5 Å². The molecule has 1 N–H and O–H groups in total. The van der Waals surface area contributed by atoms with E-state index in [0.717, 1.165) is 11.1 Å². The zero-order valence-corrected chi connectivity index (χ0v) is 11.0. The predicted molar refractivity (Wildman–Crippen MR) is 70.7 cm³/mol. The second kappa shape index (κ2) is 5.48. The van der Waals surface area contributed by atoms with Crippen molar-refractivity contribution in [2.75, 3.05) is 21.3 Å². The molecule has 1 aromatic heterocycles. The number of hydrogen-bond donors (Lipinski definition) is 1. The molecule has 0 amide bonds. The molecule has 0 unspecified atom stereocenters. The molecule has 0 aliphatic heterocycles. The van der Waals surface area contributed by atoms with Gasteiger partial charge in [0.2, 0.25) is 0 Å². The van der Waals surface area contributed by atoms with Gasteiger partial charge in [-0.3, -0.25) is 0 Å². The van der Waals surface area contributed by atoms with E-state index in [4.69, 9.17) is 9.47 Å². The molecule has 2 rings (SSSR count). The number of ether oxygens (including phenoxy) is 3. The van der Waals surface area contributed by atoms with Gasteiger partial charge in [0.1, 0.15) is 5.69 Å². The van der Waals surface area contributed by atoms with Crippen LogP contribution < -0.4 is 9.47 Å². The first-order valence-corrected chi connectivity index (χ1v) is 5.68. The van der Waals surface area contributed by atoms with Crippen molar-refractivity contribution in [3.05, 3.63) is 36.2 Å². The van der Waals surface area contributed by atoms with Crippen LogP contribution >= 0.6 is 0 Å². The van der Waals surface area contributed by atoms with Crippen LogP contribution in [0.15, 0.2) is 30.5 Å². The van der Waals surface area contributed by atoms with Gasteiger partial charge in [-0.05, 0) is 23.8 Å². The first-order chi connectivity index (χ1) is 9.19. The van der Waals surface area contributed by atoms with Crippen molar-refractivity contribution in [3.8, 4) is 22.6 Å². The summed E-state index contributed by atoms with van der Waals surface area (Å²) < 4.78 is 15.1. The molecule has 0 fully saturated rings. The molecular weight excluding hydrogens is 246 g/mol. The van der Waals surface area contributed by atoms with Crippen LogP contribution in [0.3, 0.4) is 0 Å². The Kier molecular flexibility index (Phi) is 3.75. The molecule has 0 aliphatic rings. The Morgan fingerprint density at radius 1 is 1.00 bits per heavy atom. The maximum Gasteiger partial charge on any atom is 0.354 e. The fourth-order valence-corrected chi connectivity index (χ4v) is 1.80. The van der Waals surface area contributed by atoms with E-state index in [2.05, 4.69) is 9.72 Å². The zero-order valence-electron chi connectivity index (χ0n) is 11.0. The summed E-state index contributed by atoms with van der Waals surface area (Å²) in [6.45, 7) is 0. The molecule has 0 bridgehead atoms. The molecule has 5 nitrogen and oxygen atoms in total. The van der Waals surface area contributed by atoms with Gasteiger partial charge >= 0.3 is 5.97 Å². The summed E-state index contributed by atoms with van der Waals surface area (Å²) in [7, 11) is 4.51. The maximum absolute atomic E-state index is 11.4. The van der Waals surface area contributed by atoms with E-state index in [1.807, 2.05) is 18.2 Å². The molecular formula is C14H15NO4. The molecule has 0 saturated heterocycles. The van der Waals surface area contributed by atoms with E-state index in [1.165, 1.54) is 7.11 Å². The Balaban J connectivity index is 2.36. The lowest BCUT2D eigenvalue weighted by molar-refractivity contribution is 0.0595. The normalized spacial score (nSPS) is 10.1. The lowest BCUT2D eigenvalue weighted by Gasteiger charge is -2.08. The van der Waals surface area contributed by atoms with Crippen LogP contribution in [0, 0.1) is 0 Å². The molecule has 2 aromatic rings. The summed E-state index contributed by atoms with van der Waals surface area (Å²) in [4.78, 5) is 14.3. The Labute approximate surface area is 111 Å². The lowest BCUT2D eigenvalue weighted by Crippen LogP contribution is -2.00. The number of esters is 1. The SMILES string of the molecule is COC(=O)c1cc(-c2ccc(OC)c(OC)c2)c[nH]1. The minimum Gasteiger partial charge on any atom is -0.493 e. The van der Waals surface area contributed by atoms with E-state index in [0.29, 0.717) is 17.2 Å². The number of carbonyl (C=O) groups excluding carboxylic acids is 1. The third-order valence-electron chi connectivity index (χ3n) is 2.81. The van der Waals surface area contributed by atoms with E-state index in [9.17, 15) is 4.79 Å². The fourth-order valence-electron chi connectivity index (χ4n) is 1.80. The predicted octanol–water partition coefficient (Wildman–Crippen LogP) is 2.49. The molecule has 1 aromatic carbocycles. The van der Waals surface area contributed by atoms with E-state index < -0.39 is 5.97 Å². The van der Waals surface area contributed by atoms with Gasteiger partial charge in [0, 0.05) is 11.8 Å². The topological polar surface area (TPSA) is 60.6 Å². The van der Waals surface area contributed by atoms with E-state index in [-0.39, 0.29) is 0 Å². The lowest BCUT2D eigenvalue weighted by atomic mass is 10.1. The molecule has 1 heterocycles. The molecule has 100 valence electrons. The molecule has 0 aliphatic carbocycles. The summed E-state index contributed by atoms with van der Waals surface area (Å²) >= 11 is 0.